The van der Waals surface area contributed by atoms with Crippen molar-refractivity contribution in [2.45, 2.75) is 19.3 Å². The Bertz CT molecular complexity index is 2860. The molecular weight excluding hydrogens is 751 g/mol. The molecule has 12 heteroatoms. The molecule has 0 saturated carbocycles. The van der Waals surface area contributed by atoms with Crippen LogP contribution in [-0.2, 0) is 19.3 Å². The first-order valence-corrected chi connectivity index (χ1v) is 19.9. The number of rotatable bonds is 9. The Kier molecular flexibility index (Phi) is 9.41. The molecule has 1 aliphatic rings. The van der Waals surface area contributed by atoms with Crippen molar-refractivity contribution in [1.29, 1.82) is 0 Å². The molecule has 0 spiro atoms. The molecule has 0 atom stereocenters. The maximum absolute atomic E-state index is 14.9. The number of aromatic nitrogens is 6. The molecule has 1 aliphatic heterocycles. The average Bonchev–Trinajstić information content (AvgIpc) is 3.28. The van der Waals surface area contributed by atoms with Crippen LogP contribution in [0.15, 0.2) is 178 Å². The van der Waals surface area contributed by atoms with Crippen LogP contribution in [0.4, 0.5) is 0 Å². The van der Waals surface area contributed by atoms with Gasteiger partial charge in [-0.1, -0.05) is 127 Å². The SMILES string of the molecule is O=c1c2ccccc2nc(Cc2ccccc2)n1N1CN(n2c(Cc3ccccc3)nc3ccccc3c2=O)CN(n2c(Cc3ccccc3)nc3ccccc3c2=O)C1. The van der Waals surface area contributed by atoms with E-state index in [0.29, 0.717) is 69.4 Å². The molecule has 6 aromatic carbocycles. The van der Waals surface area contributed by atoms with Gasteiger partial charge in [0.05, 0.1) is 32.7 Å². The van der Waals surface area contributed by atoms with Gasteiger partial charge in [-0.25, -0.2) is 29.0 Å². The first-order valence-electron chi connectivity index (χ1n) is 19.9. The van der Waals surface area contributed by atoms with Crippen LogP contribution in [0.5, 0.6) is 0 Å². The zero-order chi connectivity index (χ0) is 40.6. The van der Waals surface area contributed by atoms with Crippen LogP contribution in [0, 0.1) is 0 Å². The molecule has 12 nitrogen and oxygen atoms in total. The Labute approximate surface area is 344 Å². The van der Waals surface area contributed by atoms with Gasteiger partial charge in [0.1, 0.15) is 37.5 Å². The fraction of sp³-hybridized carbons (Fsp3) is 0.125. The largest absolute Gasteiger partial charge is 0.280 e. The second-order valence-electron chi connectivity index (χ2n) is 14.9. The van der Waals surface area contributed by atoms with Gasteiger partial charge in [-0.15, -0.1) is 0 Å². The van der Waals surface area contributed by atoms with E-state index in [1.807, 2.05) is 161 Å². The number of benzene rings is 6. The monoisotopic (exact) mass is 789 g/mol. The molecular formula is C48H39N9O3. The molecule has 9 aromatic rings. The molecule has 60 heavy (non-hydrogen) atoms. The van der Waals surface area contributed by atoms with Gasteiger partial charge in [0.25, 0.3) is 16.7 Å². The van der Waals surface area contributed by atoms with Crippen molar-refractivity contribution >= 4 is 32.7 Å². The lowest BCUT2D eigenvalue weighted by atomic mass is 10.1. The van der Waals surface area contributed by atoms with E-state index in [1.165, 1.54) is 0 Å². The highest BCUT2D eigenvalue weighted by Gasteiger charge is 2.32. The minimum absolute atomic E-state index is 0.0731. The third kappa shape index (κ3) is 6.83. The summed E-state index contributed by atoms with van der Waals surface area (Å²) >= 11 is 0. The van der Waals surface area contributed by atoms with Crippen molar-refractivity contribution in [3.63, 3.8) is 0 Å². The van der Waals surface area contributed by atoms with Crippen LogP contribution in [0.25, 0.3) is 32.7 Å². The molecule has 10 rings (SSSR count). The molecule has 0 radical (unpaired) electrons. The number of nitrogens with zero attached hydrogens (tertiary/aromatic N) is 9. The molecule has 1 saturated heterocycles. The van der Waals surface area contributed by atoms with Crippen molar-refractivity contribution in [2.75, 3.05) is 35.0 Å². The average molecular weight is 790 g/mol. The second-order valence-corrected chi connectivity index (χ2v) is 14.9. The van der Waals surface area contributed by atoms with Gasteiger partial charge in [0, 0.05) is 19.3 Å². The van der Waals surface area contributed by atoms with Crippen molar-refractivity contribution in [3.05, 3.63) is 229 Å². The van der Waals surface area contributed by atoms with Gasteiger partial charge >= 0.3 is 0 Å². The minimum Gasteiger partial charge on any atom is -0.267 e. The summed E-state index contributed by atoms with van der Waals surface area (Å²) in [4.78, 5) is 60.0. The predicted molar refractivity (Wildman–Crippen MR) is 235 cm³/mol. The van der Waals surface area contributed by atoms with E-state index in [4.69, 9.17) is 15.0 Å². The van der Waals surface area contributed by atoms with E-state index in [9.17, 15) is 14.4 Å². The number of hydrogen-bond acceptors (Lipinski definition) is 9. The first kappa shape index (κ1) is 36.5. The quantitative estimate of drug-likeness (QED) is 0.182. The van der Waals surface area contributed by atoms with Crippen molar-refractivity contribution in [2.24, 2.45) is 0 Å². The highest BCUT2D eigenvalue weighted by atomic mass is 16.2. The molecule has 3 aromatic heterocycles. The van der Waals surface area contributed by atoms with Crippen LogP contribution < -0.4 is 31.7 Å². The van der Waals surface area contributed by atoms with Crippen LogP contribution in [0.3, 0.4) is 0 Å². The molecule has 0 bridgehead atoms. The maximum atomic E-state index is 14.9. The second kappa shape index (κ2) is 15.5. The van der Waals surface area contributed by atoms with E-state index < -0.39 is 0 Å². The summed E-state index contributed by atoms with van der Waals surface area (Å²) in [5, 5.41) is 6.90. The van der Waals surface area contributed by atoms with Crippen molar-refractivity contribution in [1.82, 2.24) is 29.0 Å². The van der Waals surface area contributed by atoms with Crippen LogP contribution >= 0.6 is 0 Å². The minimum atomic E-state index is -0.268. The van der Waals surface area contributed by atoms with E-state index in [0.717, 1.165) is 16.7 Å². The lowest BCUT2D eigenvalue weighted by molar-refractivity contribution is 0.358. The molecule has 1 fully saturated rings. The molecule has 294 valence electrons. The summed E-state index contributed by atoms with van der Waals surface area (Å²) in [5.74, 6) is 1.52. The smallest absolute Gasteiger partial charge is 0.267 e. The Hall–Kier alpha value is -7.86. The molecule has 0 unspecified atom stereocenters. The molecule has 0 amide bonds. The Balaban J connectivity index is 1.21. The van der Waals surface area contributed by atoms with Crippen molar-refractivity contribution < 1.29 is 0 Å². The molecule has 0 N–H and O–H groups in total. The Morgan fingerprint density at radius 3 is 0.867 bits per heavy atom. The summed E-state index contributed by atoms with van der Waals surface area (Å²) in [6.45, 7) is 0.219. The Morgan fingerprint density at radius 2 is 0.583 bits per heavy atom. The summed E-state index contributed by atoms with van der Waals surface area (Å²) < 4.78 is 4.84. The summed E-state index contributed by atoms with van der Waals surface area (Å²) in [7, 11) is 0. The number of para-hydroxylation sites is 3. The van der Waals surface area contributed by atoms with Gasteiger partial charge in [-0.3, -0.25) is 29.4 Å². The fourth-order valence-corrected chi connectivity index (χ4v) is 8.14. The zero-order valence-electron chi connectivity index (χ0n) is 32.6. The van der Waals surface area contributed by atoms with Gasteiger partial charge in [-0.05, 0) is 53.1 Å². The number of hydrogen-bond donors (Lipinski definition) is 0. The maximum Gasteiger partial charge on any atom is 0.280 e. The molecule has 0 aliphatic carbocycles. The van der Waals surface area contributed by atoms with Crippen LogP contribution in [0.2, 0.25) is 0 Å². The standard InChI is InChI=1S/C48H39N9O3/c58-46-37-22-10-13-25-40(37)49-43(28-34-16-4-1-5-17-34)55(46)52-31-53(56-44(29-35-18-6-2-7-19-35)50-41-26-14-11-23-38(41)47(56)59)33-54(32-52)57-45(30-36-20-8-3-9-21-36)51-42-27-15-12-24-39(42)48(57)60/h1-27H,28-33H2. The lowest BCUT2D eigenvalue weighted by Crippen LogP contribution is -2.69. The lowest BCUT2D eigenvalue weighted by Gasteiger charge is -2.46. The predicted octanol–water partition coefficient (Wildman–Crippen LogP) is 5.69. The van der Waals surface area contributed by atoms with Gasteiger partial charge in [0.2, 0.25) is 0 Å². The number of fused-ring (bicyclic) bond motifs is 3. The van der Waals surface area contributed by atoms with Gasteiger partial charge in [0.15, 0.2) is 0 Å². The summed E-state index contributed by atoms with van der Waals surface area (Å²) in [6.07, 6.45) is 1.06. The normalized spacial score (nSPS) is 13.1. The highest BCUT2D eigenvalue weighted by molar-refractivity contribution is 5.79. The highest BCUT2D eigenvalue weighted by Crippen LogP contribution is 2.19. The van der Waals surface area contributed by atoms with E-state index in [-0.39, 0.29) is 36.7 Å². The topological polar surface area (TPSA) is 114 Å². The fourth-order valence-electron chi connectivity index (χ4n) is 8.14. The van der Waals surface area contributed by atoms with Crippen LogP contribution in [0.1, 0.15) is 34.2 Å². The summed E-state index contributed by atoms with van der Waals surface area (Å²) in [6, 6.07) is 51.6. The Morgan fingerprint density at radius 1 is 0.333 bits per heavy atom. The van der Waals surface area contributed by atoms with Gasteiger partial charge in [-0.2, -0.15) is 0 Å². The molecule has 4 heterocycles. The third-order valence-electron chi connectivity index (χ3n) is 10.9. The van der Waals surface area contributed by atoms with Gasteiger partial charge < -0.3 is 0 Å². The van der Waals surface area contributed by atoms with Crippen LogP contribution in [-0.4, -0.2) is 49.0 Å². The van der Waals surface area contributed by atoms with E-state index in [1.54, 1.807) is 32.2 Å². The van der Waals surface area contributed by atoms with E-state index in [2.05, 4.69) is 0 Å². The third-order valence-corrected chi connectivity index (χ3v) is 10.9. The van der Waals surface area contributed by atoms with E-state index >= 15 is 0 Å². The summed E-state index contributed by atoms with van der Waals surface area (Å²) in [5.41, 5.74) is 3.85. The first-order chi connectivity index (χ1) is 29.5. The van der Waals surface area contributed by atoms with Crippen molar-refractivity contribution in [3.8, 4) is 0 Å². The zero-order valence-corrected chi connectivity index (χ0v) is 32.6.